The second-order valence-electron chi connectivity index (χ2n) is 1.59. The minimum Gasteiger partial charge on any atom is -0.390 e. The lowest BCUT2D eigenvalue weighted by Crippen LogP contribution is -2.11. The lowest BCUT2D eigenvalue weighted by molar-refractivity contribution is 0.157. The average molecular weight is 111 g/mol. The van der Waals surface area contributed by atoms with Gasteiger partial charge in [-0.3, -0.25) is 0 Å². The zero-order valence-corrected chi connectivity index (χ0v) is 4.85. The number of hydroxylamine groups is 1. The molecule has 0 aromatic rings. The lowest BCUT2D eigenvalue weighted by Gasteiger charge is -2.08. The van der Waals surface area contributed by atoms with Crippen molar-refractivity contribution in [3.8, 4) is 0 Å². The van der Waals surface area contributed by atoms with Gasteiger partial charge in [-0.1, -0.05) is 6.92 Å². The largest absolute Gasteiger partial charge is 0.390 e. The quantitative estimate of drug-likeness (QED) is 0.551. The fourth-order valence-corrected chi connectivity index (χ4v) is 0.528. The van der Waals surface area contributed by atoms with Gasteiger partial charge < -0.3 is 4.84 Å². The minimum atomic E-state index is 0.990. The van der Waals surface area contributed by atoms with E-state index in [2.05, 4.69) is 12.4 Å². The first kappa shape index (κ1) is 5.22. The van der Waals surface area contributed by atoms with Crippen LogP contribution in [0.3, 0.4) is 0 Å². The highest BCUT2D eigenvalue weighted by atomic mass is 16.6. The van der Waals surface area contributed by atoms with E-state index in [-0.39, 0.29) is 0 Å². The molecule has 0 saturated carbocycles. The van der Waals surface area contributed by atoms with Crippen LogP contribution in [0.1, 0.15) is 13.3 Å². The maximum absolute atomic E-state index is 4.77. The third kappa shape index (κ3) is 1.03. The van der Waals surface area contributed by atoms with E-state index in [9.17, 15) is 0 Å². The van der Waals surface area contributed by atoms with Crippen LogP contribution < -0.4 is 5.48 Å². The Morgan fingerprint density at radius 3 is 3.00 bits per heavy atom. The molecule has 44 valence electrons. The van der Waals surface area contributed by atoms with Crippen LogP contribution in [-0.4, -0.2) is 0 Å². The number of rotatable bonds is 1. The minimum absolute atomic E-state index is 0.990. The van der Waals surface area contributed by atoms with Gasteiger partial charge in [-0.05, 0) is 18.6 Å². The molecular formula is C6H9NO. The maximum atomic E-state index is 4.77. The highest BCUT2D eigenvalue weighted by Crippen LogP contribution is 1.99. The molecule has 1 aliphatic rings. The second kappa shape index (κ2) is 2.40. The van der Waals surface area contributed by atoms with E-state index in [0.717, 1.165) is 12.1 Å². The van der Waals surface area contributed by atoms with Crippen LogP contribution in [0.25, 0.3) is 0 Å². The van der Waals surface area contributed by atoms with E-state index in [1.54, 1.807) is 6.26 Å². The first-order valence-electron chi connectivity index (χ1n) is 2.71. The standard InChI is InChI=1S/C6H9NO/c1-2-6-4-3-5-8-7-6/h3-5,7H,2H2,1H3. The van der Waals surface area contributed by atoms with Gasteiger partial charge in [-0.25, -0.2) is 5.48 Å². The summed E-state index contributed by atoms with van der Waals surface area (Å²) in [6.07, 6.45) is 6.46. The molecule has 2 heteroatoms. The molecule has 0 spiro atoms. The highest BCUT2D eigenvalue weighted by Gasteiger charge is 1.91. The smallest absolute Gasteiger partial charge is 0.119 e. The Kier molecular flexibility index (Phi) is 1.57. The van der Waals surface area contributed by atoms with Gasteiger partial charge in [0, 0.05) is 5.70 Å². The zero-order valence-electron chi connectivity index (χ0n) is 4.85. The molecule has 0 aliphatic carbocycles. The second-order valence-corrected chi connectivity index (χ2v) is 1.59. The Labute approximate surface area is 48.8 Å². The Bertz CT molecular complexity index is 126. The summed E-state index contributed by atoms with van der Waals surface area (Å²) in [7, 11) is 0. The fourth-order valence-electron chi connectivity index (χ4n) is 0.528. The van der Waals surface area contributed by atoms with Gasteiger partial charge in [0.15, 0.2) is 0 Å². The van der Waals surface area contributed by atoms with Gasteiger partial charge in [-0.2, -0.15) is 0 Å². The van der Waals surface area contributed by atoms with E-state index < -0.39 is 0 Å². The summed E-state index contributed by atoms with van der Waals surface area (Å²) in [6, 6.07) is 0. The summed E-state index contributed by atoms with van der Waals surface area (Å²) in [5.74, 6) is 0. The fraction of sp³-hybridized carbons (Fsp3) is 0.333. The van der Waals surface area contributed by atoms with Gasteiger partial charge in [0.05, 0.1) is 0 Å². The normalized spacial score (nSPS) is 16.4. The van der Waals surface area contributed by atoms with Crippen LogP contribution in [0.15, 0.2) is 24.1 Å². The Morgan fingerprint density at radius 1 is 1.75 bits per heavy atom. The van der Waals surface area contributed by atoms with Crippen molar-refractivity contribution in [2.75, 3.05) is 0 Å². The molecule has 1 heterocycles. The van der Waals surface area contributed by atoms with Crippen LogP contribution in [0.2, 0.25) is 0 Å². The van der Waals surface area contributed by atoms with Crippen molar-refractivity contribution in [1.29, 1.82) is 0 Å². The number of hydrogen-bond acceptors (Lipinski definition) is 2. The molecule has 8 heavy (non-hydrogen) atoms. The van der Waals surface area contributed by atoms with Crippen molar-refractivity contribution in [1.82, 2.24) is 5.48 Å². The maximum Gasteiger partial charge on any atom is 0.119 e. The molecule has 0 aromatic heterocycles. The zero-order chi connectivity index (χ0) is 5.82. The van der Waals surface area contributed by atoms with Crippen molar-refractivity contribution in [2.45, 2.75) is 13.3 Å². The van der Waals surface area contributed by atoms with Crippen molar-refractivity contribution in [3.63, 3.8) is 0 Å². The van der Waals surface area contributed by atoms with Gasteiger partial charge in [-0.15, -0.1) is 0 Å². The van der Waals surface area contributed by atoms with Gasteiger partial charge >= 0.3 is 0 Å². The molecule has 0 radical (unpaired) electrons. The first-order valence-corrected chi connectivity index (χ1v) is 2.71. The molecule has 0 fully saturated rings. The number of hydrogen-bond donors (Lipinski definition) is 1. The van der Waals surface area contributed by atoms with E-state index >= 15 is 0 Å². The van der Waals surface area contributed by atoms with Crippen molar-refractivity contribution in [3.05, 3.63) is 24.1 Å². The molecule has 0 bridgehead atoms. The molecule has 1 aliphatic heterocycles. The molecule has 0 aromatic carbocycles. The van der Waals surface area contributed by atoms with E-state index in [4.69, 9.17) is 4.84 Å². The Balaban J connectivity index is 2.50. The first-order chi connectivity index (χ1) is 3.93. The van der Waals surface area contributed by atoms with E-state index in [0.29, 0.717) is 0 Å². The molecule has 0 atom stereocenters. The molecule has 0 unspecified atom stereocenters. The molecule has 0 saturated heterocycles. The van der Waals surface area contributed by atoms with Crippen LogP contribution >= 0.6 is 0 Å². The highest BCUT2D eigenvalue weighted by molar-refractivity contribution is 5.10. The van der Waals surface area contributed by atoms with Crippen molar-refractivity contribution >= 4 is 0 Å². The van der Waals surface area contributed by atoms with E-state index in [1.807, 2.05) is 12.2 Å². The topological polar surface area (TPSA) is 21.3 Å². The van der Waals surface area contributed by atoms with Crippen LogP contribution in [-0.2, 0) is 4.84 Å². The van der Waals surface area contributed by atoms with Crippen molar-refractivity contribution < 1.29 is 4.84 Å². The average Bonchev–Trinajstić information content (AvgIpc) is 1.90. The summed E-state index contributed by atoms with van der Waals surface area (Å²) < 4.78 is 0. The SMILES string of the molecule is CCC1=CC=CON1. The van der Waals surface area contributed by atoms with Gasteiger partial charge in [0.2, 0.25) is 0 Å². The van der Waals surface area contributed by atoms with Crippen LogP contribution in [0.4, 0.5) is 0 Å². The number of allylic oxidation sites excluding steroid dienone is 3. The summed E-state index contributed by atoms with van der Waals surface area (Å²) >= 11 is 0. The third-order valence-electron chi connectivity index (χ3n) is 1.01. The third-order valence-corrected chi connectivity index (χ3v) is 1.01. The molecule has 2 nitrogen and oxygen atoms in total. The molecule has 0 amide bonds. The summed E-state index contributed by atoms with van der Waals surface area (Å²) in [4.78, 5) is 4.77. The molecule has 1 N–H and O–H groups in total. The van der Waals surface area contributed by atoms with Gasteiger partial charge in [0.25, 0.3) is 0 Å². The molecular weight excluding hydrogens is 102 g/mol. The lowest BCUT2D eigenvalue weighted by atomic mass is 10.3. The summed E-state index contributed by atoms with van der Waals surface area (Å²) in [6.45, 7) is 2.07. The summed E-state index contributed by atoms with van der Waals surface area (Å²) in [5.41, 5.74) is 3.86. The summed E-state index contributed by atoms with van der Waals surface area (Å²) in [5, 5.41) is 0. The van der Waals surface area contributed by atoms with E-state index in [1.165, 1.54) is 0 Å². The van der Waals surface area contributed by atoms with Crippen molar-refractivity contribution in [2.24, 2.45) is 0 Å². The predicted octanol–water partition coefficient (Wildman–Crippen LogP) is 1.33. The van der Waals surface area contributed by atoms with Gasteiger partial charge in [0.1, 0.15) is 6.26 Å². The molecule has 1 rings (SSSR count). The predicted molar refractivity (Wildman–Crippen MR) is 31.7 cm³/mol. The Morgan fingerprint density at radius 2 is 2.62 bits per heavy atom. The van der Waals surface area contributed by atoms with Crippen LogP contribution in [0, 0.1) is 0 Å². The van der Waals surface area contributed by atoms with Crippen LogP contribution in [0.5, 0.6) is 0 Å². The Hall–Kier alpha value is -0.920. The monoisotopic (exact) mass is 111 g/mol. The number of nitrogens with one attached hydrogen (secondary N) is 1.